The van der Waals surface area contributed by atoms with E-state index in [1.165, 1.54) is 24.0 Å². The lowest BCUT2D eigenvalue weighted by Crippen LogP contribution is -2.12. The second kappa shape index (κ2) is 12.3. The molecule has 46 heavy (non-hydrogen) atoms. The second-order valence-electron chi connectivity index (χ2n) is 11.7. The number of nitrogens with two attached hydrogens (primary N) is 1. The van der Waals surface area contributed by atoms with Gasteiger partial charge in [0, 0.05) is 10.9 Å². The van der Waals surface area contributed by atoms with Crippen molar-refractivity contribution in [2.75, 3.05) is 0 Å². The molecule has 5 heteroatoms. The summed E-state index contributed by atoms with van der Waals surface area (Å²) in [6, 6.07) is 44.6. The van der Waals surface area contributed by atoms with Crippen molar-refractivity contribution >= 4 is 48.1 Å². The Labute approximate surface area is 269 Å². The molecule has 7 aromatic rings. The van der Waals surface area contributed by atoms with Crippen LogP contribution in [0.1, 0.15) is 34.3 Å². The molecule has 0 radical (unpaired) electrons. The lowest BCUT2D eigenvalue weighted by atomic mass is 9.86. The molecule has 1 amide bonds. The molecule has 0 heterocycles. The minimum Gasteiger partial charge on any atom is -0.366 e. The first-order valence-corrected chi connectivity index (χ1v) is 17.0. The standard InChI is InChI=1S/C24H20O2S.C17H13NO/c25-27(26,18-9-2-1-3-10-18)24-16-23-19-11-5-4-8-17(19)14-15-21(23)20-12-6-7-13-22(20)24;18-17(19)16-10-4-3-9-15(16)14-11-5-7-12-6-1-2-8-13(12)14/h1-3,6-7,9-10,12-16H,4-5,8,11H2;1-11H,(H2,18,19). The third-order valence-electron chi connectivity index (χ3n) is 8.95. The second-order valence-corrected chi connectivity index (χ2v) is 13.6. The van der Waals surface area contributed by atoms with Crippen molar-refractivity contribution in [3.8, 4) is 11.1 Å². The fraction of sp³-hybridized carbons (Fsp3) is 0.0976. The summed E-state index contributed by atoms with van der Waals surface area (Å²) in [4.78, 5) is 12.3. The lowest BCUT2D eigenvalue weighted by molar-refractivity contribution is 0.100. The highest BCUT2D eigenvalue weighted by Crippen LogP contribution is 2.38. The molecule has 4 nitrogen and oxygen atoms in total. The number of hydrogen-bond acceptors (Lipinski definition) is 3. The average molecular weight is 620 g/mol. The van der Waals surface area contributed by atoms with Crippen LogP contribution in [-0.2, 0) is 22.7 Å². The Morgan fingerprint density at radius 1 is 0.543 bits per heavy atom. The molecule has 0 bridgehead atoms. The number of fused-ring (bicyclic) bond motifs is 6. The SMILES string of the molecule is NC(=O)c1ccccc1-c1cccc2ccccc12.O=S(=O)(c1ccccc1)c1cc2c3c(ccc2c2ccccc12)CCCC3. The molecule has 0 spiro atoms. The molecule has 0 saturated heterocycles. The van der Waals surface area contributed by atoms with Gasteiger partial charge in [-0.05, 0) is 99.1 Å². The van der Waals surface area contributed by atoms with Crippen LogP contribution in [0, 0.1) is 0 Å². The number of rotatable bonds is 4. The van der Waals surface area contributed by atoms with E-state index in [1.54, 1.807) is 30.3 Å². The van der Waals surface area contributed by atoms with Crippen molar-refractivity contribution in [1.82, 2.24) is 0 Å². The van der Waals surface area contributed by atoms with Crippen LogP contribution in [0.25, 0.3) is 43.4 Å². The van der Waals surface area contributed by atoms with Crippen molar-refractivity contribution in [1.29, 1.82) is 0 Å². The molecule has 0 fully saturated rings. The third-order valence-corrected chi connectivity index (χ3v) is 10.8. The summed E-state index contributed by atoms with van der Waals surface area (Å²) >= 11 is 0. The molecule has 7 aromatic carbocycles. The van der Waals surface area contributed by atoms with Crippen LogP contribution in [0.3, 0.4) is 0 Å². The number of sulfone groups is 1. The average Bonchev–Trinajstić information content (AvgIpc) is 3.11. The Bertz CT molecular complexity index is 2360. The van der Waals surface area contributed by atoms with Gasteiger partial charge in [-0.3, -0.25) is 4.79 Å². The number of carbonyl (C=O) groups is 1. The van der Waals surface area contributed by atoms with Crippen LogP contribution in [-0.4, -0.2) is 14.3 Å². The maximum atomic E-state index is 13.5. The number of primary amides is 1. The number of hydrogen-bond donors (Lipinski definition) is 1. The lowest BCUT2D eigenvalue weighted by Gasteiger charge is -2.20. The van der Waals surface area contributed by atoms with Gasteiger partial charge in [0.25, 0.3) is 0 Å². The van der Waals surface area contributed by atoms with Gasteiger partial charge < -0.3 is 5.73 Å². The molecule has 226 valence electrons. The predicted octanol–water partition coefficient (Wildman–Crippen LogP) is 9.31. The van der Waals surface area contributed by atoms with E-state index in [2.05, 4.69) is 30.3 Å². The van der Waals surface area contributed by atoms with Crippen molar-refractivity contribution in [3.05, 3.63) is 156 Å². The van der Waals surface area contributed by atoms with Crippen molar-refractivity contribution in [3.63, 3.8) is 0 Å². The van der Waals surface area contributed by atoms with Crippen LogP contribution in [0.2, 0.25) is 0 Å². The Morgan fingerprint density at radius 3 is 1.96 bits per heavy atom. The summed E-state index contributed by atoms with van der Waals surface area (Å²) in [6.07, 6.45) is 4.48. The van der Waals surface area contributed by atoms with Gasteiger partial charge in [0.1, 0.15) is 0 Å². The van der Waals surface area contributed by atoms with E-state index in [4.69, 9.17) is 5.73 Å². The summed E-state index contributed by atoms with van der Waals surface area (Å²) in [5, 5.41) is 6.33. The van der Waals surface area contributed by atoms with Gasteiger partial charge in [-0.2, -0.15) is 0 Å². The maximum Gasteiger partial charge on any atom is 0.249 e. The van der Waals surface area contributed by atoms with Crippen molar-refractivity contribution in [2.24, 2.45) is 5.73 Å². The smallest absolute Gasteiger partial charge is 0.249 e. The van der Waals surface area contributed by atoms with Gasteiger partial charge >= 0.3 is 0 Å². The zero-order chi connectivity index (χ0) is 31.7. The first kappa shape index (κ1) is 29.5. The number of amides is 1. The molecular formula is C41H33NO3S. The molecular weight excluding hydrogens is 587 g/mol. The van der Waals surface area contributed by atoms with Gasteiger partial charge in [-0.25, -0.2) is 8.42 Å². The highest BCUT2D eigenvalue weighted by Gasteiger charge is 2.23. The van der Waals surface area contributed by atoms with E-state index in [9.17, 15) is 13.2 Å². The molecule has 0 aromatic heterocycles. The van der Waals surface area contributed by atoms with E-state index < -0.39 is 15.7 Å². The quantitative estimate of drug-likeness (QED) is 0.200. The van der Waals surface area contributed by atoms with Crippen LogP contribution >= 0.6 is 0 Å². The van der Waals surface area contributed by atoms with Gasteiger partial charge in [0.05, 0.1) is 9.79 Å². The number of aryl methyl sites for hydroxylation is 2. The Kier molecular flexibility index (Phi) is 7.85. The van der Waals surface area contributed by atoms with Gasteiger partial charge in [-0.1, -0.05) is 115 Å². The van der Waals surface area contributed by atoms with Gasteiger partial charge in [0.15, 0.2) is 0 Å². The molecule has 1 aliphatic rings. The summed E-state index contributed by atoms with van der Waals surface area (Å²) in [5.74, 6) is -0.400. The van der Waals surface area contributed by atoms with E-state index in [0.717, 1.165) is 56.3 Å². The number of benzene rings is 7. The largest absolute Gasteiger partial charge is 0.366 e. The summed E-state index contributed by atoms with van der Waals surface area (Å²) < 4.78 is 26.9. The molecule has 0 aliphatic heterocycles. The van der Waals surface area contributed by atoms with Crippen LogP contribution in [0.15, 0.2) is 149 Å². The zero-order valence-electron chi connectivity index (χ0n) is 25.3. The summed E-state index contributed by atoms with van der Waals surface area (Å²) in [6.45, 7) is 0. The fourth-order valence-electron chi connectivity index (χ4n) is 6.74. The minimum absolute atomic E-state index is 0.347. The molecule has 2 N–H and O–H groups in total. The summed E-state index contributed by atoms with van der Waals surface area (Å²) in [5.41, 5.74) is 10.6. The normalized spacial score (nSPS) is 12.8. The fourth-order valence-corrected chi connectivity index (χ4v) is 8.25. The van der Waals surface area contributed by atoms with Gasteiger partial charge in [0.2, 0.25) is 15.7 Å². The van der Waals surface area contributed by atoms with Crippen LogP contribution < -0.4 is 5.73 Å². The molecule has 1 aliphatic carbocycles. The van der Waals surface area contributed by atoms with Crippen molar-refractivity contribution < 1.29 is 13.2 Å². The summed E-state index contributed by atoms with van der Waals surface area (Å²) in [7, 11) is -3.58. The van der Waals surface area contributed by atoms with E-state index in [0.29, 0.717) is 15.4 Å². The zero-order valence-corrected chi connectivity index (χ0v) is 26.1. The Balaban J connectivity index is 0.000000157. The third kappa shape index (κ3) is 5.33. The highest BCUT2D eigenvalue weighted by molar-refractivity contribution is 7.91. The first-order valence-electron chi connectivity index (χ1n) is 15.6. The Hall–Kier alpha value is -5.26. The highest BCUT2D eigenvalue weighted by atomic mass is 32.2. The van der Waals surface area contributed by atoms with Crippen LogP contribution in [0.4, 0.5) is 0 Å². The van der Waals surface area contributed by atoms with E-state index in [-0.39, 0.29) is 0 Å². The molecule has 0 saturated carbocycles. The predicted molar refractivity (Wildman–Crippen MR) is 188 cm³/mol. The number of carbonyl (C=O) groups excluding carboxylic acids is 1. The topological polar surface area (TPSA) is 77.2 Å². The molecule has 0 atom stereocenters. The molecule has 0 unspecified atom stereocenters. The van der Waals surface area contributed by atoms with Crippen molar-refractivity contribution in [2.45, 2.75) is 35.5 Å². The van der Waals surface area contributed by atoms with Crippen LogP contribution in [0.5, 0.6) is 0 Å². The maximum absolute atomic E-state index is 13.5. The minimum atomic E-state index is -3.58. The monoisotopic (exact) mass is 619 g/mol. The van der Waals surface area contributed by atoms with Gasteiger partial charge in [-0.15, -0.1) is 0 Å². The molecule has 8 rings (SSSR count). The first-order chi connectivity index (χ1) is 22.4. The van der Waals surface area contributed by atoms with E-state index in [1.807, 2.05) is 78.9 Å². The van der Waals surface area contributed by atoms with E-state index >= 15 is 0 Å². The Morgan fingerprint density at radius 2 is 1.15 bits per heavy atom.